The van der Waals surface area contributed by atoms with Crippen molar-refractivity contribution in [3.05, 3.63) is 209 Å². The first-order valence-electron chi connectivity index (χ1n) is 19.4. The number of aryl methyl sites for hydroxylation is 6. The van der Waals surface area contributed by atoms with Crippen LogP contribution in [0.25, 0.3) is 5.69 Å². The van der Waals surface area contributed by atoms with E-state index >= 15 is 0 Å². The minimum atomic E-state index is -2.98. The Labute approximate surface area is 337 Å². The van der Waals surface area contributed by atoms with E-state index in [1.165, 1.54) is 33.4 Å². The van der Waals surface area contributed by atoms with Crippen LogP contribution in [0, 0.1) is 41.5 Å². The summed E-state index contributed by atoms with van der Waals surface area (Å²) in [6.45, 7) is 12.9. The lowest BCUT2D eigenvalue weighted by atomic mass is 10.1. The third kappa shape index (κ3) is 7.08. The third-order valence-corrected chi connectivity index (χ3v) is 18.0. The zero-order chi connectivity index (χ0) is 39.6. The topological polar surface area (TPSA) is 55.4 Å². The van der Waals surface area contributed by atoms with Gasteiger partial charge in [0.05, 0.1) is 25.5 Å². The molecule has 57 heavy (non-hydrogen) atoms. The first kappa shape index (κ1) is 38.0. The Hall–Kier alpha value is -5.86. The van der Waals surface area contributed by atoms with Crippen LogP contribution in [0.4, 0.5) is 11.4 Å². The molecule has 8 aromatic rings. The molecule has 0 aliphatic heterocycles. The van der Waals surface area contributed by atoms with E-state index in [2.05, 4.69) is 222 Å². The molecule has 1 aromatic heterocycles. The van der Waals surface area contributed by atoms with E-state index in [4.69, 9.17) is 19.7 Å². The second kappa shape index (κ2) is 15.9. The van der Waals surface area contributed by atoms with Crippen LogP contribution in [0.5, 0.6) is 0 Å². The van der Waals surface area contributed by atoms with Crippen molar-refractivity contribution in [3.8, 4) is 5.69 Å². The molecule has 0 atom stereocenters. The summed E-state index contributed by atoms with van der Waals surface area (Å²) in [5, 5.41) is 15.2. The number of benzene rings is 7. The van der Waals surface area contributed by atoms with Crippen molar-refractivity contribution in [2.75, 3.05) is 0 Å². The van der Waals surface area contributed by atoms with Crippen molar-refractivity contribution >= 4 is 57.8 Å². The van der Waals surface area contributed by atoms with Gasteiger partial charge in [-0.3, -0.25) is 14.1 Å². The predicted octanol–water partition coefficient (Wildman–Crippen LogP) is 10.7. The summed E-state index contributed by atoms with van der Waals surface area (Å²) in [4.78, 5) is 0. The molecule has 7 aromatic carbocycles. The molecule has 0 aliphatic rings. The summed E-state index contributed by atoms with van der Waals surface area (Å²) in [5.74, 6) is 0. The van der Waals surface area contributed by atoms with Crippen molar-refractivity contribution in [3.63, 3.8) is 0 Å². The highest BCUT2D eigenvalue weighted by molar-refractivity contribution is 7.88. The van der Waals surface area contributed by atoms with E-state index < -0.39 is 14.1 Å². The standard InChI is InChI=1S/C50H47N5P2/c1-36-27-30-42(33-39(36)4)53-56(45-19-11-7-12-20-45,46-21-13-8-14-22-46)49-51-52-50(55(49)44-32-29-38(3)41(6)35-44)57(47-23-15-9-16-24-47,48-25-17-10-18-26-48)54-43-31-28-37(2)40(5)34-43/h7-35H,1-6H3. The lowest BCUT2D eigenvalue weighted by molar-refractivity contribution is 1.12. The Morgan fingerprint density at radius 1 is 0.351 bits per heavy atom. The summed E-state index contributed by atoms with van der Waals surface area (Å²) in [6.07, 6.45) is 0. The zero-order valence-corrected chi connectivity index (χ0v) is 35.2. The fraction of sp³-hybridized carbons (Fsp3) is 0.120. The van der Waals surface area contributed by atoms with Gasteiger partial charge in [-0.15, -0.1) is 10.2 Å². The maximum absolute atomic E-state index is 5.94. The van der Waals surface area contributed by atoms with Gasteiger partial charge in [-0.1, -0.05) is 140 Å². The van der Waals surface area contributed by atoms with Crippen molar-refractivity contribution in [2.45, 2.75) is 41.5 Å². The van der Waals surface area contributed by atoms with E-state index in [0.29, 0.717) is 0 Å². The molecule has 1 heterocycles. The summed E-state index contributed by atoms with van der Waals surface area (Å²) >= 11 is 0. The molecule has 0 spiro atoms. The van der Waals surface area contributed by atoms with Gasteiger partial charge in [0.15, 0.2) is 11.1 Å². The van der Waals surface area contributed by atoms with Gasteiger partial charge in [-0.25, -0.2) is 0 Å². The smallest absolute Gasteiger partial charge is 0.186 e. The third-order valence-electron chi connectivity index (χ3n) is 11.0. The van der Waals surface area contributed by atoms with Gasteiger partial charge >= 0.3 is 0 Å². The molecule has 0 aliphatic carbocycles. The van der Waals surface area contributed by atoms with Crippen molar-refractivity contribution < 1.29 is 0 Å². The van der Waals surface area contributed by atoms with Gasteiger partial charge in [-0.05, 0) is 111 Å². The molecule has 0 fully saturated rings. The fourth-order valence-corrected chi connectivity index (χ4v) is 14.3. The van der Waals surface area contributed by atoms with Crippen LogP contribution in [0.3, 0.4) is 0 Å². The molecular weight excluding hydrogens is 733 g/mol. The van der Waals surface area contributed by atoms with Crippen LogP contribution < -0.4 is 32.3 Å². The first-order valence-corrected chi connectivity index (χ1v) is 22.8. The minimum Gasteiger partial charge on any atom is -0.272 e. The van der Waals surface area contributed by atoms with E-state index in [0.717, 1.165) is 49.4 Å². The Kier molecular flexibility index (Phi) is 10.6. The van der Waals surface area contributed by atoms with Crippen molar-refractivity contribution in [2.24, 2.45) is 9.49 Å². The number of rotatable bonds is 9. The molecule has 0 unspecified atom stereocenters. The van der Waals surface area contributed by atoms with Crippen LogP contribution in [0.2, 0.25) is 0 Å². The molecule has 0 bridgehead atoms. The molecule has 0 saturated carbocycles. The highest BCUT2D eigenvalue weighted by Crippen LogP contribution is 2.53. The number of aromatic nitrogens is 3. The molecule has 5 nitrogen and oxygen atoms in total. The second-order valence-electron chi connectivity index (χ2n) is 14.8. The van der Waals surface area contributed by atoms with Crippen molar-refractivity contribution in [1.29, 1.82) is 0 Å². The van der Waals surface area contributed by atoms with Crippen LogP contribution in [-0.2, 0) is 0 Å². The lowest BCUT2D eigenvalue weighted by Gasteiger charge is -2.29. The zero-order valence-electron chi connectivity index (χ0n) is 33.4. The minimum absolute atomic E-state index is 0.794. The van der Waals surface area contributed by atoms with Crippen LogP contribution >= 0.6 is 14.1 Å². The van der Waals surface area contributed by atoms with Crippen LogP contribution in [0.15, 0.2) is 185 Å². The first-order chi connectivity index (χ1) is 27.7. The van der Waals surface area contributed by atoms with Gasteiger partial charge in [0.25, 0.3) is 0 Å². The summed E-state index contributed by atoms with van der Waals surface area (Å²) < 4.78 is 14.2. The summed E-state index contributed by atoms with van der Waals surface area (Å²) in [6, 6.07) is 62.6. The quantitative estimate of drug-likeness (QED) is 0.137. The van der Waals surface area contributed by atoms with Crippen LogP contribution in [0.1, 0.15) is 33.4 Å². The Balaban J connectivity index is 1.62. The van der Waals surface area contributed by atoms with E-state index in [-0.39, 0.29) is 0 Å². The maximum Gasteiger partial charge on any atom is 0.186 e. The summed E-state index contributed by atoms with van der Waals surface area (Å²) in [5.41, 5.74) is 11.6. The van der Waals surface area contributed by atoms with Crippen LogP contribution in [-0.4, -0.2) is 14.8 Å². The van der Waals surface area contributed by atoms with E-state index in [9.17, 15) is 0 Å². The van der Waals surface area contributed by atoms with Gasteiger partial charge in [-0.2, -0.15) is 0 Å². The molecule has 7 heteroatoms. The molecular formula is C50H47N5P2. The summed E-state index contributed by atoms with van der Waals surface area (Å²) in [7, 11) is -5.96. The molecule has 0 amide bonds. The molecule has 282 valence electrons. The van der Waals surface area contributed by atoms with Gasteiger partial charge in [0.2, 0.25) is 0 Å². The van der Waals surface area contributed by atoms with E-state index in [1.807, 2.05) is 0 Å². The number of hydrogen-bond acceptors (Lipinski definition) is 4. The molecule has 0 N–H and O–H groups in total. The molecule has 0 saturated heterocycles. The average molecular weight is 780 g/mol. The SMILES string of the molecule is Cc1ccc(N=P(c2ccccc2)(c2ccccc2)c2nnc(P(=Nc3ccc(C)c(C)c3)(c3ccccc3)c3ccccc3)n2-c2ccc(C)c(C)c2)cc1C. The van der Waals surface area contributed by atoms with Crippen molar-refractivity contribution in [1.82, 2.24) is 14.8 Å². The Morgan fingerprint density at radius 3 is 0.982 bits per heavy atom. The lowest BCUT2D eigenvalue weighted by Crippen LogP contribution is -2.37. The Morgan fingerprint density at radius 2 is 0.667 bits per heavy atom. The van der Waals surface area contributed by atoms with Gasteiger partial charge < -0.3 is 0 Å². The number of nitrogens with zero attached hydrogens (tertiary/aromatic N) is 5. The Bertz CT molecular complexity index is 2560. The fourth-order valence-electron chi connectivity index (χ4n) is 7.36. The second-order valence-corrected chi connectivity index (χ2v) is 20.6. The van der Waals surface area contributed by atoms with Gasteiger partial charge in [0, 0.05) is 26.9 Å². The predicted molar refractivity (Wildman–Crippen MR) is 244 cm³/mol. The normalized spacial score (nSPS) is 11.7. The largest absolute Gasteiger partial charge is 0.272 e. The van der Waals surface area contributed by atoms with E-state index in [1.54, 1.807) is 0 Å². The van der Waals surface area contributed by atoms with Gasteiger partial charge in [0.1, 0.15) is 0 Å². The molecule has 0 radical (unpaired) electrons. The molecule has 8 rings (SSSR count). The average Bonchev–Trinajstić information content (AvgIpc) is 3.70. The monoisotopic (exact) mass is 779 g/mol. The highest BCUT2D eigenvalue weighted by Gasteiger charge is 2.40. The highest BCUT2D eigenvalue weighted by atomic mass is 31.2. The number of hydrogen-bond donors (Lipinski definition) is 0. The maximum atomic E-state index is 5.94.